The molecular weight excluding hydrogens is 288 g/mol. The summed E-state index contributed by atoms with van der Waals surface area (Å²) in [4.78, 5) is 13.4. The first-order valence-electron chi connectivity index (χ1n) is 4.08. The second-order valence-electron chi connectivity index (χ2n) is 2.81. The van der Waals surface area contributed by atoms with E-state index in [0.29, 0.717) is 4.47 Å². The Morgan fingerprint density at radius 2 is 2.19 bits per heavy atom. The van der Waals surface area contributed by atoms with Gasteiger partial charge in [-0.2, -0.15) is 8.78 Å². The molecule has 0 aliphatic carbocycles. The van der Waals surface area contributed by atoms with Crippen LogP contribution in [0.1, 0.15) is 12.3 Å². The Labute approximate surface area is 95.6 Å². The lowest BCUT2D eigenvalue weighted by atomic mass is 10.3. The number of nitrogens with zero attached hydrogens (tertiary/aromatic N) is 2. The molecule has 2 heterocycles. The highest BCUT2D eigenvalue weighted by atomic mass is 79.9. The molecule has 0 bridgehead atoms. The van der Waals surface area contributed by atoms with Gasteiger partial charge in [-0.1, -0.05) is 0 Å². The highest BCUT2D eigenvalue weighted by Gasteiger charge is 2.18. The lowest BCUT2D eigenvalue weighted by molar-refractivity contribution is 0.116. The van der Waals surface area contributed by atoms with E-state index in [2.05, 4.69) is 31.1 Å². The van der Waals surface area contributed by atoms with Gasteiger partial charge in [-0.05, 0) is 15.9 Å². The van der Waals surface area contributed by atoms with Gasteiger partial charge in [0.15, 0.2) is 0 Å². The van der Waals surface area contributed by atoms with Crippen molar-refractivity contribution in [3.63, 3.8) is 0 Å². The molecule has 2 aromatic heterocycles. The molecule has 0 atom stereocenters. The highest BCUT2D eigenvalue weighted by Crippen LogP contribution is 2.27. The molecule has 16 heavy (non-hydrogen) atoms. The number of hydrogen-bond acceptors (Lipinski definition) is 4. The van der Waals surface area contributed by atoms with E-state index >= 15 is 0 Å². The summed E-state index contributed by atoms with van der Waals surface area (Å²) in [7, 11) is 0. The Morgan fingerprint density at radius 1 is 1.44 bits per heavy atom. The van der Waals surface area contributed by atoms with Crippen molar-refractivity contribution in [3.8, 4) is 11.5 Å². The van der Waals surface area contributed by atoms with Crippen LogP contribution >= 0.6 is 15.9 Å². The third kappa shape index (κ3) is 2.01. The summed E-state index contributed by atoms with van der Waals surface area (Å²) in [6, 6.07) is 1.17. The zero-order valence-corrected chi connectivity index (χ0v) is 9.16. The van der Waals surface area contributed by atoms with Gasteiger partial charge < -0.3 is 9.40 Å². The molecular formula is C8H4BrF2N3O2. The minimum absolute atomic E-state index is 0.131. The van der Waals surface area contributed by atoms with E-state index in [0.717, 1.165) is 0 Å². The Hall–Kier alpha value is -1.57. The summed E-state index contributed by atoms with van der Waals surface area (Å²) >= 11 is 3.13. The predicted molar refractivity (Wildman–Crippen MR) is 53.0 cm³/mol. The summed E-state index contributed by atoms with van der Waals surface area (Å²) in [5.74, 6) is -0.907. The monoisotopic (exact) mass is 291 g/mol. The fourth-order valence-electron chi connectivity index (χ4n) is 1.05. The van der Waals surface area contributed by atoms with Gasteiger partial charge >= 0.3 is 6.43 Å². The van der Waals surface area contributed by atoms with Crippen LogP contribution in [0.2, 0.25) is 0 Å². The summed E-state index contributed by atoms with van der Waals surface area (Å²) in [6.45, 7) is 0. The van der Waals surface area contributed by atoms with E-state index in [-0.39, 0.29) is 11.5 Å². The predicted octanol–water partition coefficient (Wildman–Crippen LogP) is 2.12. The van der Waals surface area contributed by atoms with Crippen LogP contribution < -0.4 is 5.56 Å². The minimum Gasteiger partial charge on any atom is -0.415 e. The molecule has 0 radical (unpaired) electrons. The van der Waals surface area contributed by atoms with Crippen molar-refractivity contribution in [3.05, 3.63) is 33.0 Å². The first-order chi connectivity index (χ1) is 7.58. The van der Waals surface area contributed by atoms with Gasteiger partial charge in [-0.25, -0.2) is 0 Å². The molecule has 1 N–H and O–H groups in total. The Balaban J connectivity index is 2.50. The van der Waals surface area contributed by atoms with Gasteiger partial charge in [0, 0.05) is 16.7 Å². The molecule has 84 valence electrons. The maximum absolute atomic E-state index is 12.2. The maximum Gasteiger partial charge on any atom is 0.314 e. The second-order valence-corrected chi connectivity index (χ2v) is 3.66. The number of aromatic nitrogens is 3. The molecule has 0 unspecified atom stereocenters. The number of pyridine rings is 1. The summed E-state index contributed by atoms with van der Waals surface area (Å²) in [5, 5.41) is 6.59. The number of hydrogen-bond donors (Lipinski definition) is 1. The van der Waals surface area contributed by atoms with Crippen LogP contribution in [0.3, 0.4) is 0 Å². The largest absolute Gasteiger partial charge is 0.415 e. The van der Waals surface area contributed by atoms with Gasteiger partial charge in [-0.3, -0.25) is 4.79 Å². The zero-order chi connectivity index (χ0) is 11.7. The van der Waals surface area contributed by atoms with Crippen LogP contribution in [0.4, 0.5) is 8.78 Å². The summed E-state index contributed by atoms with van der Waals surface area (Å²) in [5.41, 5.74) is -0.127. The first-order valence-corrected chi connectivity index (χ1v) is 4.87. The van der Waals surface area contributed by atoms with Crippen molar-refractivity contribution >= 4 is 15.9 Å². The van der Waals surface area contributed by atoms with Crippen molar-refractivity contribution in [1.82, 2.24) is 15.2 Å². The van der Waals surface area contributed by atoms with Gasteiger partial charge in [0.05, 0.1) is 5.56 Å². The highest BCUT2D eigenvalue weighted by molar-refractivity contribution is 9.10. The number of nitrogens with one attached hydrogen (secondary N) is 1. The van der Waals surface area contributed by atoms with Crippen LogP contribution in [0.15, 0.2) is 25.9 Å². The summed E-state index contributed by atoms with van der Waals surface area (Å²) < 4.78 is 29.6. The third-order valence-corrected chi connectivity index (χ3v) is 2.39. The first kappa shape index (κ1) is 10.9. The average molecular weight is 292 g/mol. The SMILES string of the molecule is O=c1cc(-c2nnc(C(F)F)o2)c(Br)c[nH]1. The van der Waals surface area contributed by atoms with E-state index in [9.17, 15) is 13.6 Å². The standard InChI is InChI=1S/C8H4BrF2N3O2/c9-4-2-12-5(15)1-3(4)7-13-14-8(16-7)6(10)11/h1-2,6H,(H,12,15). The number of aromatic amines is 1. The van der Waals surface area contributed by atoms with Crippen LogP contribution in [0.5, 0.6) is 0 Å². The molecule has 0 saturated carbocycles. The van der Waals surface area contributed by atoms with E-state index in [1.165, 1.54) is 12.3 Å². The van der Waals surface area contributed by atoms with Crippen LogP contribution in [0.25, 0.3) is 11.5 Å². The second kappa shape index (κ2) is 4.12. The van der Waals surface area contributed by atoms with Gasteiger partial charge in [0.1, 0.15) is 0 Å². The van der Waals surface area contributed by atoms with Crippen molar-refractivity contribution in [2.45, 2.75) is 6.43 Å². The van der Waals surface area contributed by atoms with Crippen LogP contribution in [0, 0.1) is 0 Å². The normalized spacial score (nSPS) is 11.0. The van der Waals surface area contributed by atoms with Crippen LogP contribution in [-0.4, -0.2) is 15.2 Å². The molecule has 0 saturated heterocycles. The summed E-state index contributed by atoms with van der Waals surface area (Å²) in [6.07, 6.45) is -1.47. The van der Waals surface area contributed by atoms with Crippen molar-refractivity contribution in [1.29, 1.82) is 0 Å². The molecule has 2 rings (SSSR count). The Kier molecular flexibility index (Phi) is 2.82. The smallest absolute Gasteiger partial charge is 0.314 e. The molecule has 0 aromatic carbocycles. The Morgan fingerprint density at radius 3 is 2.81 bits per heavy atom. The number of halogens is 3. The van der Waals surface area contributed by atoms with E-state index in [1.807, 2.05) is 0 Å². The average Bonchev–Trinajstić information content (AvgIpc) is 2.70. The quantitative estimate of drug-likeness (QED) is 0.920. The molecule has 0 amide bonds. The molecule has 2 aromatic rings. The van der Waals surface area contributed by atoms with Crippen molar-refractivity contribution in [2.75, 3.05) is 0 Å². The van der Waals surface area contributed by atoms with Crippen molar-refractivity contribution < 1.29 is 13.2 Å². The van der Waals surface area contributed by atoms with Crippen LogP contribution in [-0.2, 0) is 0 Å². The lowest BCUT2D eigenvalue weighted by Gasteiger charge is -1.96. The molecule has 5 nitrogen and oxygen atoms in total. The van der Waals surface area contributed by atoms with E-state index in [1.54, 1.807) is 0 Å². The molecule has 8 heteroatoms. The van der Waals surface area contributed by atoms with Gasteiger partial charge in [0.2, 0.25) is 11.4 Å². The number of rotatable bonds is 2. The van der Waals surface area contributed by atoms with E-state index < -0.39 is 17.9 Å². The fraction of sp³-hybridized carbons (Fsp3) is 0.125. The molecule has 0 spiro atoms. The van der Waals surface area contributed by atoms with Gasteiger partial charge in [0.25, 0.3) is 5.89 Å². The van der Waals surface area contributed by atoms with Gasteiger partial charge in [-0.15, -0.1) is 10.2 Å². The minimum atomic E-state index is -2.83. The molecule has 0 aliphatic rings. The number of H-pyrrole nitrogens is 1. The fourth-order valence-corrected chi connectivity index (χ4v) is 1.45. The molecule has 0 aliphatic heterocycles. The number of alkyl halides is 2. The Bertz CT molecular complexity index is 566. The van der Waals surface area contributed by atoms with E-state index in [4.69, 9.17) is 4.42 Å². The third-order valence-electron chi connectivity index (χ3n) is 1.73. The van der Waals surface area contributed by atoms with Crippen molar-refractivity contribution in [2.24, 2.45) is 0 Å². The lowest BCUT2D eigenvalue weighted by Crippen LogP contribution is -2.03. The zero-order valence-electron chi connectivity index (χ0n) is 7.58. The molecule has 0 fully saturated rings. The maximum atomic E-state index is 12.2. The topological polar surface area (TPSA) is 71.8 Å².